The van der Waals surface area contributed by atoms with E-state index in [0.717, 1.165) is 36.1 Å². The molecule has 0 spiro atoms. The Labute approximate surface area is 125 Å². The summed E-state index contributed by atoms with van der Waals surface area (Å²) in [4.78, 5) is 0. The Morgan fingerprint density at radius 1 is 1.10 bits per heavy atom. The van der Waals surface area contributed by atoms with Crippen LogP contribution < -0.4 is 10.5 Å². The highest BCUT2D eigenvalue weighted by molar-refractivity contribution is 5.43. The molecule has 21 heavy (non-hydrogen) atoms. The Morgan fingerprint density at radius 3 is 2.62 bits per heavy atom. The second-order valence-corrected chi connectivity index (χ2v) is 5.59. The second-order valence-electron chi connectivity index (χ2n) is 5.59. The summed E-state index contributed by atoms with van der Waals surface area (Å²) >= 11 is 0. The summed E-state index contributed by atoms with van der Waals surface area (Å²) in [5.74, 6) is 0.953. The molecule has 1 aliphatic rings. The molecule has 0 bridgehead atoms. The van der Waals surface area contributed by atoms with E-state index in [4.69, 9.17) is 15.6 Å². The third-order valence-corrected chi connectivity index (χ3v) is 4.11. The Hall–Kier alpha value is -1.84. The molecular weight excluding hydrogens is 262 g/mol. The van der Waals surface area contributed by atoms with Crippen molar-refractivity contribution in [2.75, 3.05) is 0 Å². The molecule has 0 radical (unpaired) electrons. The number of hydrogen-bond acceptors (Lipinski definition) is 3. The molecule has 1 aliphatic carbocycles. The maximum absolute atomic E-state index is 9.05. The molecule has 3 N–H and O–H groups in total. The van der Waals surface area contributed by atoms with Crippen molar-refractivity contribution in [2.45, 2.75) is 38.5 Å². The molecule has 0 saturated carbocycles. The number of hydrogen-bond donors (Lipinski definition) is 2. The highest BCUT2D eigenvalue weighted by atomic mass is 16.5. The van der Waals surface area contributed by atoms with E-state index in [1.165, 1.54) is 11.1 Å². The first-order valence-electron chi connectivity index (χ1n) is 7.47. The summed E-state index contributed by atoms with van der Waals surface area (Å²) in [7, 11) is 0. The van der Waals surface area contributed by atoms with Crippen molar-refractivity contribution >= 4 is 0 Å². The summed E-state index contributed by atoms with van der Waals surface area (Å²) in [5, 5.41) is 9.05. The predicted molar refractivity (Wildman–Crippen MR) is 83.0 cm³/mol. The van der Waals surface area contributed by atoms with Gasteiger partial charge in [-0.1, -0.05) is 36.4 Å². The fraction of sp³-hybridized carbons (Fsp3) is 0.333. The molecule has 0 fully saturated rings. The second kappa shape index (κ2) is 6.29. The van der Waals surface area contributed by atoms with Gasteiger partial charge in [-0.15, -0.1) is 0 Å². The first kappa shape index (κ1) is 14.1. The fourth-order valence-corrected chi connectivity index (χ4v) is 2.89. The molecule has 3 nitrogen and oxygen atoms in total. The van der Waals surface area contributed by atoms with E-state index in [1.807, 2.05) is 36.4 Å². The van der Waals surface area contributed by atoms with Crippen molar-refractivity contribution in [2.24, 2.45) is 5.73 Å². The van der Waals surface area contributed by atoms with Gasteiger partial charge in [0.05, 0.1) is 6.61 Å². The van der Waals surface area contributed by atoms with Gasteiger partial charge in [-0.25, -0.2) is 0 Å². The number of rotatable bonds is 4. The smallest absolute Gasteiger partial charge is 0.123 e. The molecule has 0 aromatic heterocycles. The molecule has 2 aromatic carbocycles. The predicted octanol–water partition coefficient (Wildman–Crippen LogP) is 3.09. The average molecular weight is 283 g/mol. The lowest BCUT2D eigenvalue weighted by atomic mass is 9.87. The van der Waals surface area contributed by atoms with Crippen molar-refractivity contribution in [1.29, 1.82) is 0 Å². The zero-order valence-electron chi connectivity index (χ0n) is 12.1. The SMILES string of the molecule is NC1CCCc2c(OCc3ccc(CO)cc3)cccc21. The molecule has 2 aromatic rings. The van der Waals surface area contributed by atoms with Gasteiger partial charge >= 0.3 is 0 Å². The third-order valence-electron chi connectivity index (χ3n) is 4.11. The van der Waals surface area contributed by atoms with Crippen molar-refractivity contribution in [3.05, 3.63) is 64.7 Å². The van der Waals surface area contributed by atoms with Gasteiger partial charge in [0.15, 0.2) is 0 Å². The van der Waals surface area contributed by atoms with E-state index in [1.54, 1.807) is 0 Å². The molecule has 1 unspecified atom stereocenters. The van der Waals surface area contributed by atoms with Crippen molar-refractivity contribution in [1.82, 2.24) is 0 Å². The van der Waals surface area contributed by atoms with Gasteiger partial charge in [0.1, 0.15) is 12.4 Å². The number of aliphatic hydroxyl groups excluding tert-OH is 1. The monoisotopic (exact) mass is 283 g/mol. The largest absolute Gasteiger partial charge is 0.489 e. The molecule has 3 heteroatoms. The average Bonchev–Trinajstić information content (AvgIpc) is 2.54. The van der Waals surface area contributed by atoms with Crippen LogP contribution in [-0.4, -0.2) is 5.11 Å². The lowest BCUT2D eigenvalue weighted by Gasteiger charge is -2.24. The van der Waals surface area contributed by atoms with Crippen LogP contribution in [0.4, 0.5) is 0 Å². The number of ether oxygens (including phenoxy) is 1. The standard InChI is InChI=1S/C18H21NO2/c19-17-5-1-4-16-15(17)3-2-6-18(16)21-12-14-9-7-13(11-20)8-10-14/h2-3,6-10,17,20H,1,4-5,11-12,19H2. The van der Waals surface area contributed by atoms with Crippen LogP contribution in [0.1, 0.15) is 41.1 Å². The van der Waals surface area contributed by atoms with E-state index in [9.17, 15) is 0 Å². The minimum absolute atomic E-state index is 0.0746. The number of nitrogens with two attached hydrogens (primary N) is 1. The lowest BCUT2D eigenvalue weighted by Crippen LogP contribution is -2.18. The van der Waals surface area contributed by atoms with Crippen LogP contribution >= 0.6 is 0 Å². The van der Waals surface area contributed by atoms with Gasteiger partial charge in [0, 0.05) is 6.04 Å². The summed E-state index contributed by atoms with van der Waals surface area (Å²) < 4.78 is 5.99. The normalized spacial score (nSPS) is 17.3. The molecule has 0 amide bonds. The molecule has 0 saturated heterocycles. The Kier molecular flexibility index (Phi) is 4.23. The topological polar surface area (TPSA) is 55.5 Å². The maximum Gasteiger partial charge on any atom is 0.123 e. The highest BCUT2D eigenvalue weighted by Gasteiger charge is 2.19. The third kappa shape index (κ3) is 3.09. The number of fused-ring (bicyclic) bond motifs is 1. The van der Waals surface area contributed by atoms with Crippen LogP contribution in [0.2, 0.25) is 0 Å². The van der Waals surface area contributed by atoms with Crippen molar-refractivity contribution < 1.29 is 9.84 Å². The Balaban J connectivity index is 1.74. The zero-order chi connectivity index (χ0) is 14.7. The quantitative estimate of drug-likeness (QED) is 0.906. The van der Waals surface area contributed by atoms with Gasteiger partial charge in [0.25, 0.3) is 0 Å². The van der Waals surface area contributed by atoms with Crippen molar-refractivity contribution in [3.63, 3.8) is 0 Å². The van der Waals surface area contributed by atoms with Crippen LogP contribution in [0.3, 0.4) is 0 Å². The Morgan fingerprint density at radius 2 is 1.86 bits per heavy atom. The van der Waals surface area contributed by atoms with E-state index >= 15 is 0 Å². The van der Waals surface area contributed by atoms with Crippen LogP contribution in [0, 0.1) is 0 Å². The molecule has 3 rings (SSSR count). The molecule has 110 valence electrons. The zero-order valence-corrected chi connectivity index (χ0v) is 12.1. The number of aliphatic hydroxyl groups is 1. The molecular formula is C18H21NO2. The highest BCUT2D eigenvalue weighted by Crippen LogP contribution is 2.34. The summed E-state index contributed by atoms with van der Waals surface area (Å²) in [6.45, 7) is 0.614. The summed E-state index contributed by atoms with van der Waals surface area (Å²) in [5.41, 5.74) is 10.7. The van der Waals surface area contributed by atoms with Crippen LogP contribution in [0.25, 0.3) is 0 Å². The van der Waals surface area contributed by atoms with E-state index in [-0.39, 0.29) is 12.6 Å². The Bertz CT molecular complexity index is 607. The molecule has 0 heterocycles. The van der Waals surface area contributed by atoms with Crippen LogP contribution in [0.5, 0.6) is 5.75 Å². The summed E-state index contributed by atoms with van der Waals surface area (Å²) in [6.07, 6.45) is 3.22. The van der Waals surface area contributed by atoms with Crippen LogP contribution in [-0.2, 0) is 19.6 Å². The van der Waals surface area contributed by atoms with Gasteiger partial charge in [-0.3, -0.25) is 0 Å². The summed E-state index contributed by atoms with van der Waals surface area (Å²) in [6, 6.07) is 14.1. The number of benzene rings is 2. The maximum atomic E-state index is 9.05. The van der Waals surface area contributed by atoms with Gasteiger partial charge in [-0.05, 0) is 47.6 Å². The van der Waals surface area contributed by atoms with Gasteiger partial charge in [-0.2, -0.15) is 0 Å². The first-order valence-corrected chi connectivity index (χ1v) is 7.47. The minimum atomic E-state index is 0.0746. The van der Waals surface area contributed by atoms with E-state index in [0.29, 0.717) is 6.61 Å². The van der Waals surface area contributed by atoms with E-state index in [2.05, 4.69) is 6.07 Å². The van der Waals surface area contributed by atoms with Gasteiger partial charge < -0.3 is 15.6 Å². The van der Waals surface area contributed by atoms with E-state index < -0.39 is 0 Å². The fourth-order valence-electron chi connectivity index (χ4n) is 2.89. The molecule has 0 aliphatic heterocycles. The minimum Gasteiger partial charge on any atom is -0.489 e. The first-order chi connectivity index (χ1) is 10.3. The van der Waals surface area contributed by atoms with Crippen molar-refractivity contribution in [3.8, 4) is 5.75 Å². The lowest BCUT2D eigenvalue weighted by molar-refractivity contribution is 0.281. The van der Waals surface area contributed by atoms with Gasteiger partial charge in [0.2, 0.25) is 0 Å². The van der Waals surface area contributed by atoms with Crippen LogP contribution in [0.15, 0.2) is 42.5 Å². The molecule has 1 atom stereocenters.